The summed E-state index contributed by atoms with van der Waals surface area (Å²) < 4.78 is 43.3. The first-order valence-corrected chi connectivity index (χ1v) is 15.1. The number of sulfonamides is 1. The van der Waals surface area contributed by atoms with Gasteiger partial charge in [-0.25, -0.2) is 18.0 Å². The SMILES string of the molecule is CN1CCN(CCN(c2ccc(C(=O)OCC(=O)OCc3ccccc3)cc2OCC2CC2)S(C)(=O)=O)CC1. The van der Waals surface area contributed by atoms with E-state index in [-0.39, 0.29) is 18.7 Å². The van der Waals surface area contributed by atoms with E-state index in [1.807, 2.05) is 30.3 Å². The lowest BCUT2D eigenvalue weighted by Crippen LogP contribution is -2.47. The van der Waals surface area contributed by atoms with E-state index in [2.05, 4.69) is 16.8 Å². The molecule has 1 aliphatic heterocycles. The van der Waals surface area contributed by atoms with Crippen molar-refractivity contribution in [2.75, 3.05) is 70.1 Å². The molecule has 0 bridgehead atoms. The number of carbonyl (C=O) groups is 2. The van der Waals surface area contributed by atoms with Crippen LogP contribution in [0.4, 0.5) is 5.69 Å². The van der Waals surface area contributed by atoms with Crippen molar-refractivity contribution in [3.8, 4) is 5.75 Å². The van der Waals surface area contributed by atoms with Gasteiger partial charge in [0.05, 0.1) is 24.1 Å². The lowest BCUT2D eigenvalue weighted by molar-refractivity contribution is -0.148. The van der Waals surface area contributed by atoms with E-state index >= 15 is 0 Å². The highest BCUT2D eigenvalue weighted by atomic mass is 32.2. The van der Waals surface area contributed by atoms with Crippen molar-refractivity contribution in [3.05, 3.63) is 59.7 Å². The van der Waals surface area contributed by atoms with E-state index in [1.54, 1.807) is 6.07 Å². The molecule has 0 unspecified atom stereocenters. The molecule has 39 heavy (non-hydrogen) atoms. The van der Waals surface area contributed by atoms with Crippen molar-refractivity contribution in [1.29, 1.82) is 0 Å². The molecule has 1 aliphatic carbocycles. The van der Waals surface area contributed by atoms with Gasteiger partial charge in [-0.3, -0.25) is 9.21 Å². The normalized spacial score (nSPS) is 16.5. The lowest BCUT2D eigenvalue weighted by Gasteiger charge is -2.34. The van der Waals surface area contributed by atoms with Crippen LogP contribution < -0.4 is 9.04 Å². The number of benzene rings is 2. The van der Waals surface area contributed by atoms with Gasteiger partial charge in [0.15, 0.2) is 6.61 Å². The molecule has 2 aromatic carbocycles. The predicted molar refractivity (Wildman–Crippen MR) is 147 cm³/mol. The zero-order valence-electron chi connectivity index (χ0n) is 22.6. The lowest BCUT2D eigenvalue weighted by atomic mass is 10.2. The zero-order valence-corrected chi connectivity index (χ0v) is 23.4. The first kappa shape index (κ1) is 28.8. The van der Waals surface area contributed by atoms with Crippen LogP contribution in [0.3, 0.4) is 0 Å². The maximum atomic E-state index is 12.8. The second-order valence-electron chi connectivity index (χ2n) is 10.1. The molecule has 4 rings (SSSR count). The largest absolute Gasteiger partial charge is 0.491 e. The molecule has 0 amide bonds. The molecule has 0 spiro atoms. The molecular weight excluding hydrogens is 522 g/mol. The molecule has 2 aromatic rings. The monoisotopic (exact) mass is 559 g/mol. The Morgan fingerprint density at radius 3 is 2.38 bits per heavy atom. The predicted octanol–water partition coefficient (Wildman–Crippen LogP) is 2.39. The Balaban J connectivity index is 1.42. The maximum absolute atomic E-state index is 12.8. The van der Waals surface area contributed by atoms with Crippen LogP contribution in [0.5, 0.6) is 5.75 Å². The van der Waals surface area contributed by atoms with Crippen LogP contribution in [0.15, 0.2) is 48.5 Å². The van der Waals surface area contributed by atoms with Gasteiger partial charge in [-0.15, -0.1) is 0 Å². The molecule has 1 saturated carbocycles. The van der Waals surface area contributed by atoms with Gasteiger partial charge < -0.3 is 19.1 Å². The van der Waals surface area contributed by atoms with Crippen LogP contribution in [0.25, 0.3) is 0 Å². The number of hydrogen-bond acceptors (Lipinski definition) is 9. The van der Waals surface area contributed by atoms with E-state index in [4.69, 9.17) is 14.2 Å². The fraction of sp³-hybridized carbons (Fsp3) is 0.500. The third-order valence-corrected chi connectivity index (χ3v) is 7.99. The first-order chi connectivity index (χ1) is 18.7. The van der Waals surface area contributed by atoms with Gasteiger partial charge in [0, 0.05) is 39.3 Å². The maximum Gasteiger partial charge on any atom is 0.344 e. The minimum absolute atomic E-state index is 0.0839. The van der Waals surface area contributed by atoms with Crippen molar-refractivity contribution in [2.45, 2.75) is 19.4 Å². The number of ether oxygens (including phenoxy) is 3. The summed E-state index contributed by atoms with van der Waals surface area (Å²) in [4.78, 5) is 29.3. The molecule has 1 saturated heterocycles. The number of hydrogen-bond donors (Lipinski definition) is 0. The number of nitrogens with zero attached hydrogens (tertiary/aromatic N) is 3. The van der Waals surface area contributed by atoms with Gasteiger partial charge in [0.1, 0.15) is 12.4 Å². The Hall–Kier alpha value is -3.15. The fourth-order valence-corrected chi connectivity index (χ4v) is 5.13. The Morgan fingerprint density at radius 1 is 1.00 bits per heavy atom. The van der Waals surface area contributed by atoms with Gasteiger partial charge in [-0.1, -0.05) is 30.3 Å². The van der Waals surface area contributed by atoms with E-state index < -0.39 is 28.6 Å². The van der Waals surface area contributed by atoms with E-state index in [0.29, 0.717) is 30.5 Å². The molecule has 0 N–H and O–H groups in total. The number of carbonyl (C=O) groups excluding carboxylic acids is 2. The zero-order chi connectivity index (χ0) is 27.8. The van der Waals surface area contributed by atoms with Gasteiger partial charge in [0.2, 0.25) is 10.0 Å². The highest BCUT2D eigenvalue weighted by Gasteiger charge is 2.27. The Kier molecular flexibility index (Phi) is 9.82. The summed E-state index contributed by atoms with van der Waals surface area (Å²) in [6.45, 7) is 4.45. The van der Waals surface area contributed by atoms with E-state index in [0.717, 1.165) is 44.6 Å². The number of esters is 2. The van der Waals surface area contributed by atoms with Gasteiger partial charge in [0.25, 0.3) is 0 Å². The van der Waals surface area contributed by atoms with Crippen LogP contribution in [0, 0.1) is 5.92 Å². The topological polar surface area (TPSA) is 106 Å². The van der Waals surface area contributed by atoms with Crippen molar-refractivity contribution in [1.82, 2.24) is 9.80 Å². The van der Waals surface area contributed by atoms with Crippen LogP contribution in [-0.2, 0) is 30.9 Å². The van der Waals surface area contributed by atoms with Crippen LogP contribution in [0.1, 0.15) is 28.8 Å². The van der Waals surface area contributed by atoms with Crippen LogP contribution >= 0.6 is 0 Å². The van der Waals surface area contributed by atoms with Crippen molar-refractivity contribution < 1.29 is 32.2 Å². The highest BCUT2D eigenvalue weighted by molar-refractivity contribution is 7.92. The molecule has 212 valence electrons. The second kappa shape index (κ2) is 13.3. The second-order valence-corrected chi connectivity index (χ2v) is 12.0. The smallest absolute Gasteiger partial charge is 0.344 e. The van der Waals surface area contributed by atoms with Crippen LogP contribution in [-0.4, -0.2) is 95.9 Å². The third kappa shape index (κ3) is 8.94. The number of anilines is 1. The van der Waals surface area contributed by atoms with Crippen molar-refractivity contribution in [3.63, 3.8) is 0 Å². The average molecular weight is 560 g/mol. The molecule has 1 heterocycles. The molecule has 0 aromatic heterocycles. The number of piperazine rings is 1. The summed E-state index contributed by atoms with van der Waals surface area (Å²) in [6, 6.07) is 13.7. The Morgan fingerprint density at radius 2 is 1.72 bits per heavy atom. The summed E-state index contributed by atoms with van der Waals surface area (Å²) in [5.74, 6) is -0.671. The third-order valence-electron chi connectivity index (χ3n) is 6.81. The van der Waals surface area contributed by atoms with Gasteiger partial charge in [-0.2, -0.15) is 0 Å². The molecule has 0 radical (unpaired) electrons. The number of rotatable bonds is 13. The van der Waals surface area contributed by atoms with Crippen LogP contribution in [0.2, 0.25) is 0 Å². The summed E-state index contributed by atoms with van der Waals surface area (Å²) in [5.41, 5.74) is 1.37. The minimum Gasteiger partial charge on any atom is -0.491 e. The summed E-state index contributed by atoms with van der Waals surface area (Å²) in [5, 5.41) is 0. The summed E-state index contributed by atoms with van der Waals surface area (Å²) in [6.07, 6.45) is 3.29. The van der Waals surface area contributed by atoms with Crippen molar-refractivity contribution >= 4 is 27.6 Å². The average Bonchev–Trinajstić information content (AvgIpc) is 3.75. The molecule has 11 heteroatoms. The number of likely N-dealkylation sites (N-methyl/N-ethyl adjacent to an activating group) is 1. The van der Waals surface area contributed by atoms with E-state index in [1.165, 1.54) is 22.7 Å². The molecular formula is C28H37N3O7S. The minimum atomic E-state index is -3.62. The molecule has 0 atom stereocenters. The first-order valence-electron chi connectivity index (χ1n) is 13.2. The summed E-state index contributed by atoms with van der Waals surface area (Å²) >= 11 is 0. The van der Waals surface area contributed by atoms with Gasteiger partial charge >= 0.3 is 11.9 Å². The van der Waals surface area contributed by atoms with Crippen molar-refractivity contribution in [2.24, 2.45) is 5.92 Å². The fourth-order valence-electron chi connectivity index (χ4n) is 4.21. The quantitative estimate of drug-likeness (QED) is 0.342. The molecule has 10 nitrogen and oxygen atoms in total. The Bertz CT molecular complexity index is 1230. The summed E-state index contributed by atoms with van der Waals surface area (Å²) in [7, 11) is -1.55. The van der Waals surface area contributed by atoms with Gasteiger partial charge in [-0.05, 0) is 49.6 Å². The van der Waals surface area contributed by atoms with E-state index in [9.17, 15) is 18.0 Å². The highest BCUT2D eigenvalue weighted by Crippen LogP contribution is 2.35. The standard InChI is InChI=1S/C28H37N3O7S/c1-29-12-14-30(15-13-29)16-17-31(39(2,34)35)25-11-10-24(18-26(25)36-19-23-8-9-23)28(33)38-21-27(32)37-20-22-6-4-3-5-7-22/h3-7,10-11,18,23H,8-9,12-17,19-21H2,1-2H3. The molecule has 2 aliphatic rings. The Labute approximate surface area is 230 Å². The molecule has 2 fully saturated rings.